The summed E-state index contributed by atoms with van der Waals surface area (Å²) in [5.41, 5.74) is 1.92. The van der Waals surface area contributed by atoms with Crippen molar-refractivity contribution in [3.63, 3.8) is 0 Å². The summed E-state index contributed by atoms with van der Waals surface area (Å²) in [6.07, 6.45) is 2.54. The highest BCUT2D eigenvalue weighted by atomic mass is 16.7. The Balaban J connectivity index is 1.90. The second kappa shape index (κ2) is 11.4. The van der Waals surface area contributed by atoms with Crippen molar-refractivity contribution in [2.24, 2.45) is 5.92 Å². The third-order valence-electron chi connectivity index (χ3n) is 3.86. The Labute approximate surface area is 176 Å². The van der Waals surface area contributed by atoms with Crippen molar-refractivity contribution in [3.8, 4) is 5.75 Å². The first kappa shape index (κ1) is 22.7. The van der Waals surface area contributed by atoms with E-state index in [1.54, 1.807) is 31.2 Å². The van der Waals surface area contributed by atoms with E-state index in [9.17, 15) is 14.4 Å². The first-order valence-electron chi connectivity index (χ1n) is 9.68. The lowest BCUT2D eigenvalue weighted by molar-refractivity contribution is -0.111. The zero-order valence-electron chi connectivity index (χ0n) is 17.3. The predicted molar refractivity (Wildman–Crippen MR) is 114 cm³/mol. The van der Waals surface area contributed by atoms with Crippen LogP contribution in [0.2, 0.25) is 0 Å². The number of anilines is 1. The lowest BCUT2D eigenvalue weighted by atomic mass is 10.1. The SMILES string of the molecule is CCOC(=O)Oc1ccc(C(=O)NCc2cccc(NC(=O)/C=C/C(C)C)c2)cc1. The molecule has 0 unspecified atom stereocenters. The Hall–Kier alpha value is -3.61. The van der Waals surface area contributed by atoms with Crippen molar-refractivity contribution in [1.82, 2.24) is 5.32 Å². The van der Waals surface area contributed by atoms with E-state index in [4.69, 9.17) is 9.47 Å². The molecule has 2 aromatic carbocycles. The molecule has 0 fully saturated rings. The molecule has 0 aliphatic carbocycles. The number of ether oxygens (including phenoxy) is 2. The fourth-order valence-corrected chi connectivity index (χ4v) is 2.43. The van der Waals surface area contributed by atoms with Crippen LogP contribution < -0.4 is 15.4 Å². The lowest BCUT2D eigenvalue weighted by Gasteiger charge is -2.09. The Morgan fingerprint density at radius 1 is 1.07 bits per heavy atom. The number of rotatable bonds is 8. The number of nitrogens with one attached hydrogen (secondary N) is 2. The Morgan fingerprint density at radius 2 is 1.80 bits per heavy atom. The molecule has 0 aliphatic heterocycles. The summed E-state index contributed by atoms with van der Waals surface area (Å²) in [5.74, 6) is 0.116. The van der Waals surface area contributed by atoms with Gasteiger partial charge in [0.1, 0.15) is 5.75 Å². The van der Waals surface area contributed by atoms with Gasteiger partial charge in [-0.25, -0.2) is 4.79 Å². The third kappa shape index (κ3) is 7.79. The number of amides is 2. The predicted octanol–water partition coefficient (Wildman–Crippen LogP) is 4.30. The van der Waals surface area contributed by atoms with Crippen LogP contribution in [0.4, 0.5) is 10.5 Å². The summed E-state index contributed by atoms with van der Waals surface area (Å²) in [6, 6.07) is 13.4. The minimum absolute atomic E-state index is 0.199. The van der Waals surface area contributed by atoms with Crippen molar-refractivity contribution in [2.45, 2.75) is 27.3 Å². The number of benzene rings is 2. The van der Waals surface area contributed by atoms with Gasteiger partial charge >= 0.3 is 6.16 Å². The molecule has 0 atom stereocenters. The third-order valence-corrected chi connectivity index (χ3v) is 3.86. The quantitative estimate of drug-likeness (QED) is 0.384. The number of allylic oxidation sites excluding steroid dienone is 1. The van der Waals surface area contributed by atoms with Gasteiger partial charge in [0.15, 0.2) is 0 Å². The second-order valence-electron chi connectivity index (χ2n) is 6.78. The molecule has 0 saturated heterocycles. The van der Waals surface area contributed by atoms with Gasteiger partial charge in [-0.2, -0.15) is 0 Å². The fourth-order valence-electron chi connectivity index (χ4n) is 2.43. The van der Waals surface area contributed by atoms with Gasteiger partial charge in [0, 0.05) is 17.8 Å². The van der Waals surface area contributed by atoms with Crippen LogP contribution in [0.15, 0.2) is 60.7 Å². The van der Waals surface area contributed by atoms with Gasteiger partial charge in [-0.15, -0.1) is 0 Å². The summed E-state index contributed by atoms with van der Waals surface area (Å²) in [5, 5.41) is 5.62. The number of hydrogen-bond acceptors (Lipinski definition) is 5. The minimum Gasteiger partial charge on any atom is -0.434 e. The Bertz CT molecular complexity index is 904. The minimum atomic E-state index is -0.790. The van der Waals surface area contributed by atoms with Crippen LogP contribution in [0.1, 0.15) is 36.7 Å². The van der Waals surface area contributed by atoms with Gasteiger partial charge in [0.2, 0.25) is 5.91 Å². The summed E-state index contributed by atoms with van der Waals surface area (Å²) in [6.45, 7) is 6.19. The number of carbonyl (C=O) groups is 3. The average molecular weight is 410 g/mol. The molecule has 158 valence electrons. The van der Waals surface area contributed by atoms with E-state index in [-0.39, 0.29) is 18.4 Å². The molecule has 0 saturated carbocycles. The van der Waals surface area contributed by atoms with Crippen LogP contribution in [0, 0.1) is 5.92 Å². The van der Waals surface area contributed by atoms with Crippen LogP contribution in [0.25, 0.3) is 0 Å². The molecule has 0 radical (unpaired) electrons. The highest BCUT2D eigenvalue weighted by molar-refractivity contribution is 5.99. The summed E-state index contributed by atoms with van der Waals surface area (Å²) in [4.78, 5) is 35.5. The standard InChI is InChI=1S/C23H26N2O5/c1-4-29-23(28)30-20-11-9-18(10-12-20)22(27)24-15-17-6-5-7-19(14-17)25-21(26)13-8-16(2)3/h5-14,16H,4,15H2,1-3H3,(H,24,27)(H,25,26)/b13-8+. The first-order chi connectivity index (χ1) is 14.4. The molecule has 7 nitrogen and oxygen atoms in total. The zero-order chi connectivity index (χ0) is 21.9. The van der Waals surface area contributed by atoms with E-state index in [1.165, 1.54) is 18.2 Å². The maximum atomic E-state index is 12.3. The maximum absolute atomic E-state index is 12.3. The monoisotopic (exact) mass is 410 g/mol. The van der Waals surface area contributed by atoms with Gasteiger partial charge in [-0.3, -0.25) is 9.59 Å². The molecule has 2 N–H and O–H groups in total. The van der Waals surface area contributed by atoms with Crippen molar-refractivity contribution in [3.05, 3.63) is 71.8 Å². The van der Waals surface area contributed by atoms with Crippen LogP contribution in [-0.4, -0.2) is 24.6 Å². The van der Waals surface area contributed by atoms with Crippen LogP contribution in [0.5, 0.6) is 5.75 Å². The fraction of sp³-hybridized carbons (Fsp3) is 0.261. The molecule has 0 heterocycles. The topological polar surface area (TPSA) is 93.7 Å². The molecule has 0 bridgehead atoms. The molecule has 30 heavy (non-hydrogen) atoms. The normalized spacial score (nSPS) is 10.7. The van der Waals surface area contributed by atoms with Crippen molar-refractivity contribution in [2.75, 3.05) is 11.9 Å². The van der Waals surface area contributed by atoms with Crippen LogP contribution >= 0.6 is 0 Å². The molecule has 2 aromatic rings. The molecule has 2 rings (SSSR count). The van der Waals surface area contributed by atoms with E-state index >= 15 is 0 Å². The van der Waals surface area contributed by atoms with Gasteiger partial charge in [-0.05, 0) is 60.9 Å². The smallest absolute Gasteiger partial charge is 0.434 e. The van der Waals surface area contributed by atoms with Gasteiger partial charge < -0.3 is 20.1 Å². The van der Waals surface area contributed by atoms with E-state index in [2.05, 4.69) is 10.6 Å². The van der Waals surface area contributed by atoms with Crippen molar-refractivity contribution >= 4 is 23.7 Å². The molecule has 0 aliphatic rings. The van der Waals surface area contributed by atoms with E-state index < -0.39 is 6.16 Å². The molecule has 2 amide bonds. The second-order valence-corrected chi connectivity index (χ2v) is 6.78. The largest absolute Gasteiger partial charge is 0.513 e. The maximum Gasteiger partial charge on any atom is 0.513 e. The summed E-state index contributed by atoms with van der Waals surface area (Å²) < 4.78 is 9.66. The Morgan fingerprint density at radius 3 is 2.47 bits per heavy atom. The Kier molecular flexibility index (Phi) is 8.62. The van der Waals surface area contributed by atoms with Crippen LogP contribution in [0.3, 0.4) is 0 Å². The van der Waals surface area contributed by atoms with E-state index in [1.807, 2.05) is 32.1 Å². The molecule has 0 aromatic heterocycles. The zero-order valence-corrected chi connectivity index (χ0v) is 17.3. The molecular formula is C23H26N2O5. The highest BCUT2D eigenvalue weighted by Gasteiger charge is 2.09. The molecule has 0 spiro atoms. The van der Waals surface area contributed by atoms with Gasteiger partial charge in [-0.1, -0.05) is 32.1 Å². The lowest BCUT2D eigenvalue weighted by Crippen LogP contribution is -2.22. The molecule has 7 heteroatoms. The first-order valence-corrected chi connectivity index (χ1v) is 9.68. The van der Waals surface area contributed by atoms with Gasteiger partial charge in [0.25, 0.3) is 5.91 Å². The average Bonchev–Trinajstić information content (AvgIpc) is 2.71. The van der Waals surface area contributed by atoms with Crippen molar-refractivity contribution < 1.29 is 23.9 Å². The highest BCUT2D eigenvalue weighted by Crippen LogP contribution is 2.14. The summed E-state index contributed by atoms with van der Waals surface area (Å²) >= 11 is 0. The van der Waals surface area contributed by atoms with Crippen molar-refractivity contribution in [1.29, 1.82) is 0 Å². The van der Waals surface area contributed by atoms with E-state index in [0.717, 1.165) is 5.56 Å². The molecular weight excluding hydrogens is 384 g/mol. The van der Waals surface area contributed by atoms with E-state index in [0.29, 0.717) is 29.5 Å². The summed E-state index contributed by atoms with van der Waals surface area (Å²) in [7, 11) is 0. The van der Waals surface area contributed by atoms with Crippen LogP contribution in [-0.2, 0) is 16.1 Å². The number of carbonyl (C=O) groups excluding carboxylic acids is 3. The number of hydrogen-bond donors (Lipinski definition) is 2. The van der Waals surface area contributed by atoms with Gasteiger partial charge in [0.05, 0.1) is 6.61 Å².